The van der Waals surface area contributed by atoms with E-state index in [9.17, 15) is 4.79 Å². The summed E-state index contributed by atoms with van der Waals surface area (Å²) < 4.78 is 10.7. The Labute approximate surface area is 97.5 Å². The Morgan fingerprint density at radius 2 is 2.25 bits per heavy atom. The summed E-state index contributed by atoms with van der Waals surface area (Å²) in [6, 6.07) is -0.0629. The fraction of sp³-hybridized carbons (Fsp3) is 0.750. The summed E-state index contributed by atoms with van der Waals surface area (Å²) in [4.78, 5) is 11.3. The lowest BCUT2D eigenvalue weighted by Gasteiger charge is -2.31. The number of ether oxygens (including phenoxy) is 2. The highest BCUT2D eigenvalue weighted by Crippen LogP contribution is 2.16. The summed E-state index contributed by atoms with van der Waals surface area (Å²) in [5.74, 6) is -0.152. The van der Waals surface area contributed by atoms with Crippen molar-refractivity contribution in [3.05, 3.63) is 12.8 Å². The highest BCUT2D eigenvalue weighted by atomic mass is 16.6. The van der Waals surface area contributed by atoms with Crippen LogP contribution in [0.4, 0.5) is 0 Å². The second kappa shape index (κ2) is 6.86. The normalized spacial score (nSPS) is 30.1. The van der Waals surface area contributed by atoms with Crippen molar-refractivity contribution in [3.63, 3.8) is 0 Å². The van der Waals surface area contributed by atoms with Gasteiger partial charge in [0.25, 0.3) is 0 Å². The van der Waals surface area contributed by atoms with Crippen LogP contribution in [0.1, 0.15) is 33.1 Å². The summed E-state index contributed by atoms with van der Waals surface area (Å²) in [6.45, 7) is 4.25. The van der Waals surface area contributed by atoms with E-state index in [1.165, 1.54) is 0 Å². The minimum absolute atomic E-state index is 0.0238. The second-order valence-corrected chi connectivity index (χ2v) is 4.13. The highest BCUT2D eigenvalue weighted by Gasteiger charge is 2.26. The summed E-state index contributed by atoms with van der Waals surface area (Å²) in [6.07, 6.45) is 5.95. The Kier molecular flexibility index (Phi) is 5.77. The minimum atomic E-state index is -0.152. The average Bonchev–Trinajstić information content (AvgIpc) is 2.28. The van der Waals surface area contributed by atoms with E-state index in [1.54, 1.807) is 0 Å². The van der Waals surface area contributed by atoms with Crippen LogP contribution < -0.4 is 5.73 Å². The molecule has 0 bridgehead atoms. The van der Waals surface area contributed by atoms with E-state index in [-0.39, 0.29) is 30.8 Å². The molecule has 16 heavy (non-hydrogen) atoms. The summed E-state index contributed by atoms with van der Waals surface area (Å²) in [7, 11) is 0. The molecule has 92 valence electrons. The molecular weight excluding hydrogens is 206 g/mol. The lowest BCUT2D eigenvalue weighted by atomic mass is 10.0. The van der Waals surface area contributed by atoms with Gasteiger partial charge in [0.1, 0.15) is 6.61 Å². The van der Waals surface area contributed by atoms with Crippen LogP contribution >= 0.6 is 0 Å². The van der Waals surface area contributed by atoms with Crippen molar-refractivity contribution in [2.75, 3.05) is 6.61 Å². The van der Waals surface area contributed by atoms with Crippen molar-refractivity contribution < 1.29 is 14.3 Å². The zero-order valence-corrected chi connectivity index (χ0v) is 10.0. The van der Waals surface area contributed by atoms with Gasteiger partial charge >= 0.3 is 5.97 Å². The molecule has 0 spiro atoms. The van der Waals surface area contributed by atoms with Crippen LogP contribution in [0.3, 0.4) is 0 Å². The van der Waals surface area contributed by atoms with Crippen LogP contribution in [-0.4, -0.2) is 30.8 Å². The first-order valence-corrected chi connectivity index (χ1v) is 5.88. The number of carbonyl (C=O) groups excluding carboxylic acids is 1. The predicted molar refractivity (Wildman–Crippen MR) is 61.4 cm³/mol. The summed E-state index contributed by atoms with van der Waals surface area (Å²) in [5, 5.41) is 0. The number of rotatable bonds is 5. The van der Waals surface area contributed by atoms with Crippen molar-refractivity contribution in [1.29, 1.82) is 0 Å². The maximum Gasteiger partial charge on any atom is 0.305 e. The van der Waals surface area contributed by atoms with E-state index in [2.05, 4.69) is 0 Å². The van der Waals surface area contributed by atoms with Gasteiger partial charge in [0.2, 0.25) is 0 Å². The second-order valence-electron chi connectivity index (χ2n) is 4.13. The first-order valence-electron chi connectivity index (χ1n) is 5.88. The molecular formula is C12H21NO3. The molecule has 1 aliphatic rings. The van der Waals surface area contributed by atoms with E-state index in [1.807, 2.05) is 26.7 Å². The smallest absolute Gasteiger partial charge is 0.305 e. The van der Waals surface area contributed by atoms with E-state index < -0.39 is 0 Å². The largest absolute Gasteiger partial charge is 0.463 e. The zero-order valence-electron chi connectivity index (χ0n) is 10.0. The van der Waals surface area contributed by atoms with Gasteiger partial charge in [-0.15, -0.1) is 0 Å². The van der Waals surface area contributed by atoms with Gasteiger partial charge in [0, 0.05) is 12.5 Å². The van der Waals surface area contributed by atoms with Gasteiger partial charge < -0.3 is 15.2 Å². The third-order valence-corrected chi connectivity index (χ3v) is 2.62. The van der Waals surface area contributed by atoms with Crippen LogP contribution in [0.15, 0.2) is 0 Å². The maximum absolute atomic E-state index is 11.3. The Morgan fingerprint density at radius 3 is 2.88 bits per heavy atom. The molecule has 2 radical (unpaired) electrons. The molecule has 1 rings (SSSR count). The number of unbranched alkanes of at least 4 members (excludes halogenated alkanes) is 1. The molecule has 2 N–H and O–H groups in total. The topological polar surface area (TPSA) is 61.5 Å². The molecule has 1 saturated heterocycles. The van der Waals surface area contributed by atoms with E-state index in [0.29, 0.717) is 6.42 Å². The number of hydrogen-bond donors (Lipinski definition) is 1. The van der Waals surface area contributed by atoms with Crippen molar-refractivity contribution in [2.45, 2.75) is 51.4 Å². The number of hydrogen-bond acceptors (Lipinski definition) is 4. The van der Waals surface area contributed by atoms with Gasteiger partial charge in [-0.1, -0.05) is 13.3 Å². The van der Waals surface area contributed by atoms with Gasteiger partial charge in [0.05, 0.1) is 12.2 Å². The Balaban J connectivity index is 2.15. The molecule has 4 nitrogen and oxygen atoms in total. The van der Waals surface area contributed by atoms with E-state index >= 15 is 0 Å². The molecule has 0 aromatic heterocycles. The standard InChI is InChI=1S/C12H21NO3/c1-3-4-5-12(14)15-8-10-6-7-11(13)9(2)16-10/h6-7,9-11H,3-5,8,13H2,1-2H3/t9-,10?,11?/m0/s1. The van der Waals surface area contributed by atoms with Gasteiger partial charge in [0.15, 0.2) is 0 Å². The Hall–Kier alpha value is -0.610. The van der Waals surface area contributed by atoms with Crippen molar-refractivity contribution in [1.82, 2.24) is 0 Å². The SMILES string of the molecule is CCCCC(=O)OCC1[CH][CH]C(N)[C@H](C)O1. The number of nitrogens with two attached hydrogens (primary N) is 1. The molecule has 0 aliphatic carbocycles. The molecule has 1 heterocycles. The van der Waals surface area contributed by atoms with Crippen molar-refractivity contribution in [3.8, 4) is 0 Å². The van der Waals surface area contributed by atoms with Crippen molar-refractivity contribution in [2.24, 2.45) is 5.73 Å². The molecule has 4 heteroatoms. The van der Waals surface area contributed by atoms with Gasteiger partial charge in [-0.05, 0) is 26.2 Å². The molecule has 0 saturated carbocycles. The minimum Gasteiger partial charge on any atom is -0.463 e. The first-order chi connectivity index (χ1) is 7.63. The molecule has 3 atom stereocenters. The van der Waals surface area contributed by atoms with Crippen LogP contribution in [0, 0.1) is 12.8 Å². The van der Waals surface area contributed by atoms with Crippen molar-refractivity contribution >= 4 is 5.97 Å². The molecule has 0 aromatic rings. The van der Waals surface area contributed by atoms with Crippen LogP contribution in [0.5, 0.6) is 0 Å². The fourth-order valence-corrected chi connectivity index (χ4v) is 1.48. The third kappa shape index (κ3) is 4.49. The molecule has 2 unspecified atom stereocenters. The van der Waals surface area contributed by atoms with Gasteiger partial charge in [-0.2, -0.15) is 0 Å². The highest BCUT2D eigenvalue weighted by molar-refractivity contribution is 5.69. The Bertz CT molecular complexity index is 220. The van der Waals surface area contributed by atoms with Crippen LogP contribution in [0.2, 0.25) is 0 Å². The number of esters is 1. The predicted octanol–water partition coefficient (Wildman–Crippen LogP) is 1.24. The molecule has 0 amide bonds. The van der Waals surface area contributed by atoms with E-state index in [4.69, 9.17) is 15.2 Å². The monoisotopic (exact) mass is 227 g/mol. The quantitative estimate of drug-likeness (QED) is 0.718. The number of carbonyl (C=O) groups is 1. The summed E-state index contributed by atoms with van der Waals surface area (Å²) >= 11 is 0. The first kappa shape index (κ1) is 13.5. The average molecular weight is 227 g/mol. The maximum atomic E-state index is 11.3. The molecule has 1 fully saturated rings. The van der Waals surface area contributed by atoms with Crippen LogP contribution in [-0.2, 0) is 14.3 Å². The van der Waals surface area contributed by atoms with Gasteiger partial charge in [-0.25, -0.2) is 0 Å². The van der Waals surface area contributed by atoms with E-state index in [0.717, 1.165) is 12.8 Å². The lowest BCUT2D eigenvalue weighted by molar-refractivity contribution is -0.149. The summed E-state index contributed by atoms with van der Waals surface area (Å²) in [5.41, 5.74) is 5.74. The molecule has 1 aliphatic heterocycles. The fourth-order valence-electron chi connectivity index (χ4n) is 1.48. The Morgan fingerprint density at radius 1 is 1.50 bits per heavy atom. The molecule has 0 aromatic carbocycles. The zero-order chi connectivity index (χ0) is 12.0. The third-order valence-electron chi connectivity index (χ3n) is 2.62. The van der Waals surface area contributed by atoms with Gasteiger partial charge in [-0.3, -0.25) is 4.79 Å². The lowest BCUT2D eigenvalue weighted by Crippen LogP contribution is -2.44. The van der Waals surface area contributed by atoms with Crippen LogP contribution in [0.25, 0.3) is 0 Å².